The lowest BCUT2D eigenvalue weighted by molar-refractivity contribution is -0.226. The highest BCUT2D eigenvalue weighted by atomic mass is 19.3. The summed E-state index contributed by atoms with van der Waals surface area (Å²) in [6, 6.07) is 9.89. The van der Waals surface area contributed by atoms with Crippen LogP contribution < -0.4 is 0 Å². The van der Waals surface area contributed by atoms with Crippen LogP contribution in [0, 0.1) is 5.82 Å². The van der Waals surface area contributed by atoms with E-state index in [0.717, 1.165) is 18.9 Å². The Balaban J connectivity index is 1.84. The minimum atomic E-state index is -4.48. The summed E-state index contributed by atoms with van der Waals surface area (Å²) in [5.41, 5.74) is 1.10. The summed E-state index contributed by atoms with van der Waals surface area (Å²) in [5, 5.41) is 0. The summed E-state index contributed by atoms with van der Waals surface area (Å²) in [6.45, 7) is 2.16. The van der Waals surface area contributed by atoms with Gasteiger partial charge in [-0.2, -0.15) is 17.6 Å². The molecule has 27 heavy (non-hydrogen) atoms. The van der Waals surface area contributed by atoms with Gasteiger partial charge in [0.2, 0.25) is 0 Å². The Morgan fingerprint density at radius 3 is 2.26 bits per heavy atom. The minimum Gasteiger partial charge on any atom is -0.206 e. The highest BCUT2D eigenvalue weighted by Crippen LogP contribution is 2.51. The molecular weight excluding hydrogens is 359 g/mol. The van der Waals surface area contributed by atoms with Gasteiger partial charge in [-0.05, 0) is 47.6 Å². The van der Waals surface area contributed by atoms with E-state index in [-0.39, 0.29) is 12.0 Å². The van der Waals surface area contributed by atoms with Gasteiger partial charge in [0, 0.05) is 6.42 Å². The number of hydrogen-bond acceptors (Lipinski definition) is 0. The van der Waals surface area contributed by atoms with Crippen LogP contribution in [-0.4, -0.2) is 5.92 Å². The average Bonchev–Trinajstić information content (AvgIpc) is 2.62. The van der Waals surface area contributed by atoms with Gasteiger partial charge in [0.1, 0.15) is 5.82 Å². The molecule has 0 radical (unpaired) electrons. The number of unbranched alkanes of at least 4 members (excludes halogenated alkanes) is 3. The van der Waals surface area contributed by atoms with E-state index in [1.54, 1.807) is 0 Å². The Labute approximate surface area is 156 Å². The molecule has 1 aliphatic rings. The molecule has 2 aromatic rings. The Morgan fingerprint density at radius 1 is 0.889 bits per heavy atom. The van der Waals surface area contributed by atoms with Crippen molar-refractivity contribution in [3.63, 3.8) is 0 Å². The summed E-state index contributed by atoms with van der Waals surface area (Å²) in [6.07, 6.45) is 4.37. The normalized spacial score (nSPS) is 17.6. The molecule has 0 amide bonds. The fourth-order valence-electron chi connectivity index (χ4n) is 3.63. The molecule has 0 fully saturated rings. The standard InChI is InChI=1S/C22H23F5/c1-2-3-4-5-6-15-7-9-16(10-8-15)18-13-17-11-12-21(24,25)22(26,27)20(17)19(23)14-18/h7-10,13-14H,2-6,11-12H2,1H3. The second-order valence-electron chi connectivity index (χ2n) is 7.28. The van der Waals surface area contributed by atoms with Gasteiger partial charge in [-0.15, -0.1) is 0 Å². The van der Waals surface area contributed by atoms with Crippen LogP contribution in [0.3, 0.4) is 0 Å². The number of hydrogen-bond donors (Lipinski definition) is 0. The van der Waals surface area contributed by atoms with Crippen LogP contribution in [0.5, 0.6) is 0 Å². The summed E-state index contributed by atoms with van der Waals surface area (Å²) >= 11 is 0. The van der Waals surface area contributed by atoms with Crippen molar-refractivity contribution in [2.75, 3.05) is 0 Å². The van der Waals surface area contributed by atoms with Gasteiger partial charge in [-0.25, -0.2) is 4.39 Å². The van der Waals surface area contributed by atoms with Crippen LogP contribution in [0.25, 0.3) is 11.1 Å². The molecule has 0 bridgehead atoms. The molecule has 0 unspecified atom stereocenters. The first kappa shape index (κ1) is 19.8. The van der Waals surface area contributed by atoms with Gasteiger partial charge in [0.25, 0.3) is 0 Å². The molecule has 0 atom stereocenters. The van der Waals surface area contributed by atoms with Gasteiger partial charge in [0.15, 0.2) is 0 Å². The van der Waals surface area contributed by atoms with Crippen LogP contribution in [0.1, 0.15) is 55.7 Å². The molecule has 5 heteroatoms. The van der Waals surface area contributed by atoms with E-state index in [2.05, 4.69) is 6.92 Å². The number of aryl methyl sites for hydroxylation is 2. The molecule has 0 heterocycles. The third-order valence-electron chi connectivity index (χ3n) is 5.26. The van der Waals surface area contributed by atoms with E-state index >= 15 is 0 Å². The molecule has 0 saturated carbocycles. The molecule has 1 aliphatic carbocycles. The second kappa shape index (κ2) is 7.61. The van der Waals surface area contributed by atoms with Crippen LogP contribution >= 0.6 is 0 Å². The van der Waals surface area contributed by atoms with E-state index in [0.29, 0.717) is 11.1 Å². The predicted molar refractivity (Wildman–Crippen MR) is 96.8 cm³/mol. The maximum Gasteiger partial charge on any atom is 0.338 e. The molecule has 146 valence electrons. The van der Waals surface area contributed by atoms with Crippen molar-refractivity contribution in [2.45, 2.75) is 63.7 Å². The molecule has 3 rings (SSSR count). The smallest absolute Gasteiger partial charge is 0.206 e. The monoisotopic (exact) mass is 382 g/mol. The summed E-state index contributed by atoms with van der Waals surface area (Å²) in [4.78, 5) is 0. The number of rotatable bonds is 6. The van der Waals surface area contributed by atoms with Gasteiger partial charge in [0.05, 0.1) is 5.56 Å². The van der Waals surface area contributed by atoms with E-state index in [1.165, 1.54) is 30.9 Å². The third-order valence-corrected chi connectivity index (χ3v) is 5.26. The van der Waals surface area contributed by atoms with E-state index in [9.17, 15) is 22.0 Å². The SMILES string of the molecule is CCCCCCc1ccc(-c2cc(F)c3c(c2)CCC(F)(F)C3(F)F)cc1. The van der Waals surface area contributed by atoms with Crippen LogP contribution in [0.2, 0.25) is 0 Å². The number of benzene rings is 2. The average molecular weight is 382 g/mol. The number of halogens is 5. The van der Waals surface area contributed by atoms with Gasteiger partial charge < -0.3 is 0 Å². The zero-order valence-corrected chi connectivity index (χ0v) is 15.3. The maximum atomic E-state index is 14.4. The third kappa shape index (κ3) is 3.87. The zero-order chi connectivity index (χ0) is 19.7. The van der Waals surface area contributed by atoms with Crippen LogP contribution in [-0.2, 0) is 18.8 Å². The molecule has 0 N–H and O–H groups in total. The van der Waals surface area contributed by atoms with E-state index < -0.39 is 29.6 Å². The highest BCUT2D eigenvalue weighted by molar-refractivity contribution is 5.66. The van der Waals surface area contributed by atoms with Crippen molar-refractivity contribution < 1.29 is 22.0 Å². The van der Waals surface area contributed by atoms with E-state index in [1.807, 2.05) is 24.3 Å². The summed E-state index contributed by atoms with van der Waals surface area (Å²) < 4.78 is 69.5. The van der Waals surface area contributed by atoms with Crippen molar-refractivity contribution in [3.05, 3.63) is 58.9 Å². The van der Waals surface area contributed by atoms with Crippen LogP contribution in [0.4, 0.5) is 22.0 Å². The molecule has 0 aliphatic heterocycles. The van der Waals surface area contributed by atoms with E-state index in [4.69, 9.17) is 0 Å². The first-order chi connectivity index (χ1) is 12.8. The number of alkyl halides is 4. The Bertz CT molecular complexity index is 793. The van der Waals surface area contributed by atoms with Crippen molar-refractivity contribution >= 4 is 0 Å². The maximum absolute atomic E-state index is 14.4. The van der Waals surface area contributed by atoms with Crippen molar-refractivity contribution in [3.8, 4) is 11.1 Å². The molecule has 0 saturated heterocycles. The second-order valence-corrected chi connectivity index (χ2v) is 7.28. The van der Waals surface area contributed by atoms with Gasteiger partial charge in [-0.1, -0.05) is 56.5 Å². The van der Waals surface area contributed by atoms with Crippen LogP contribution in [0.15, 0.2) is 36.4 Å². The van der Waals surface area contributed by atoms with Crippen molar-refractivity contribution in [1.82, 2.24) is 0 Å². The van der Waals surface area contributed by atoms with Gasteiger partial charge >= 0.3 is 11.8 Å². The summed E-state index contributed by atoms with van der Waals surface area (Å²) in [7, 11) is 0. The molecule has 0 nitrogen and oxygen atoms in total. The zero-order valence-electron chi connectivity index (χ0n) is 15.3. The highest BCUT2D eigenvalue weighted by Gasteiger charge is 2.61. The fourth-order valence-corrected chi connectivity index (χ4v) is 3.63. The Hall–Kier alpha value is -1.91. The lowest BCUT2D eigenvalue weighted by Gasteiger charge is -2.33. The Kier molecular flexibility index (Phi) is 5.59. The number of fused-ring (bicyclic) bond motifs is 1. The summed E-state index contributed by atoms with van der Waals surface area (Å²) in [5.74, 6) is -9.97. The first-order valence-corrected chi connectivity index (χ1v) is 9.44. The quantitative estimate of drug-likeness (QED) is 0.363. The lowest BCUT2D eigenvalue weighted by Crippen LogP contribution is -2.43. The first-order valence-electron chi connectivity index (χ1n) is 9.44. The predicted octanol–water partition coefficient (Wildman–Crippen LogP) is 7.29. The minimum absolute atomic E-state index is 0.0374. The molecule has 0 aromatic heterocycles. The van der Waals surface area contributed by atoms with Gasteiger partial charge in [-0.3, -0.25) is 0 Å². The molecule has 2 aromatic carbocycles. The lowest BCUT2D eigenvalue weighted by atomic mass is 9.83. The molecule has 0 spiro atoms. The molecular formula is C22H23F5. The topological polar surface area (TPSA) is 0 Å². The van der Waals surface area contributed by atoms with Crippen molar-refractivity contribution in [1.29, 1.82) is 0 Å². The fraction of sp³-hybridized carbons (Fsp3) is 0.455. The largest absolute Gasteiger partial charge is 0.338 e. The Morgan fingerprint density at radius 2 is 1.59 bits per heavy atom. The van der Waals surface area contributed by atoms with Crippen molar-refractivity contribution in [2.24, 2.45) is 0 Å².